The highest BCUT2D eigenvalue weighted by Crippen LogP contribution is 2.32. The minimum absolute atomic E-state index is 0.0574. The van der Waals surface area contributed by atoms with Gasteiger partial charge in [0, 0.05) is 19.2 Å². The second-order valence-corrected chi connectivity index (χ2v) is 9.59. The van der Waals surface area contributed by atoms with Gasteiger partial charge in [-0.3, -0.25) is 15.0 Å². The number of anilines is 2. The molecule has 7 N–H and O–H groups in total. The number of amides is 2. The lowest BCUT2D eigenvalue weighted by atomic mass is 10.1. The van der Waals surface area contributed by atoms with Gasteiger partial charge in [0.15, 0.2) is 5.96 Å². The first-order chi connectivity index (χ1) is 20.2. The average molecular weight is 577 g/mol. The maximum Gasteiger partial charge on any atom is 0.259 e. The van der Waals surface area contributed by atoms with Gasteiger partial charge < -0.3 is 41.2 Å². The van der Waals surface area contributed by atoms with Crippen molar-refractivity contribution in [2.45, 2.75) is 26.2 Å². The van der Waals surface area contributed by atoms with Crippen LogP contribution in [-0.4, -0.2) is 58.2 Å². The molecule has 42 heavy (non-hydrogen) atoms. The smallest absolute Gasteiger partial charge is 0.259 e. The van der Waals surface area contributed by atoms with Crippen LogP contribution < -0.4 is 41.2 Å². The molecule has 0 aromatic heterocycles. The SMILES string of the molecule is COc1cc(C(=O)N(C)c2ccc(C)cc2OCCCCNC(=N)N)ccc1NC(=O)c1ccccc1OCCCN. The van der Waals surface area contributed by atoms with Crippen LogP contribution in [0.3, 0.4) is 0 Å². The number of benzene rings is 3. The van der Waals surface area contributed by atoms with E-state index in [1.165, 1.54) is 12.0 Å². The Morgan fingerprint density at radius 1 is 0.929 bits per heavy atom. The summed E-state index contributed by atoms with van der Waals surface area (Å²) in [6.07, 6.45) is 2.20. The molecule has 0 unspecified atom stereocenters. The first-order valence-corrected chi connectivity index (χ1v) is 13.8. The lowest BCUT2D eigenvalue weighted by Crippen LogP contribution is -2.31. The largest absolute Gasteiger partial charge is 0.495 e. The highest BCUT2D eigenvalue weighted by molar-refractivity contribution is 6.09. The van der Waals surface area contributed by atoms with Crippen molar-refractivity contribution in [2.24, 2.45) is 11.5 Å². The van der Waals surface area contributed by atoms with Gasteiger partial charge >= 0.3 is 0 Å². The topological polar surface area (TPSA) is 165 Å². The maximum absolute atomic E-state index is 13.5. The molecule has 0 fully saturated rings. The van der Waals surface area contributed by atoms with Gasteiger partial charge in [0.25, 0.3) is 11.8 Å². The highest BCUT2D eigenvalue weighted by Gasteiger charge is 2.20. The van der Waals surface area contributed by atoms with Crippen LogP contribution in [0.1, 0.15) is 45.5 Å². The van der Waals surface area contributed by atoms with Crippen LogP contribution in [0.2, 0.25) is 0 Å². The number of para-hydroxylation sites is 1. The lowest BCUT2D eigenvalue weighted by molar-refractivity contribution is 0.0990. The third-order valence-electron chi connectivity index (χ3n) is 6.36. The summed E-state index contributed by atoms with van der Waals surface area (Å²) in [7, 11) is 3.16. The number of ether oxygens (including phenoxy) is 3. The molecular weight excluding hydrogens is 536 g/mol. The Labute approximate surface area is 246 Å². The van der Waals surface area contributed by atoms with E-state index in [0.29, 0.717) is 72.5 Å². The fourth-order valence-electron chi connectivity index (χ4n) is 4.11. The molecule has 0 bridgehead atoms. The van der Waals surface area contributed by atoms with E-state index in [1.807, 2.05) is 25.1 Å². The number of aryl methyl sites for hydroxylation is 1. The summed E-state index contributed by atoms with van der Waals surface area (Å²) in [6.45, 7) is 3.89. The Hall–Kier alpha value is -4.77. The lowest BCUT2D eigenvalue weighted by Gasteiger charge is -2.22. The van der Waals surface area contributed by atoms with E-state index in [1.54, 1.807) is 49.5 Å². The first kappa shape index (κ1) is 31.8. The third kappa shape index (κ3) is 8.87. The Kier molecular flexibility index (Phi) is 12.0. The van der Waals surface area contributed by atoms with Crippen molar-refractivity contribution < 1.29 is 23.8 Å². The van der Waals surface area contributed by atoms with Crippen molar-refractivity contribution in [3.8, 4) is 17.2 Å². The van der Waals surface area contributed by atoms with Crippen LogP contribution in [0.5, 0.6) is 17.2 Å². The summed E-state index contributed by atoms with van der Waals surface area (Å²) < 4.78 is 17.3. The first-order valence-electron chi connectivity index (χ1n) is 13.8. The van der Waals surface area contributed by atoms with Gasteiger partial charge in [0.1, 0.15) is 17.2 Å². The molecule has 0 aliphatic rings. The van der Waals surface area contributed by atoms with Crippen molar-refractivity contribution in [3.63, 3.8) is 0 Å². The number of hydrogen-bond donors (Lipinski definition) is 5. The minimum atomic E-state index is -0.369. The molecule has 224 valence electrons. The van der Waals surface area contributed by atoms with E-state index >= 15 is 0 Å². The van der Waals surface area contributed by atoms with Crippen LogP contribution in [0.25, 0.3) is 0 Å². The number of guanidine groups is 1. The summed E-state index contributed by atoms with van der Waals surface area (Å²) in [5.41, 5.74) is 13.6. The van der Waals surface area contributed by atoms with Gasteiger partial charge in [-0.2, -0.15) is 0 Å². The molecule has 11 nitrogen and oxygen atoms in total. The van der Waals surface area contributed by atoms with E-state index in [4.69, 9.17) is 31.1 Å². The molecule has 3 aromatic rings. The van der Waals surface area contributed by atoms with Gasteiger partial charge in [-0.15, -0.1) is 0 Å². The Bertz CT molecular complexity index is 1380. The standard InChI is InChI=1S/C31H40N6O5/c1-21-11-14-25(28(19-21)42-17-7-6-16-35-31(33)34)37(2)30(39)22-12-13-24(27(20-22)40-3)36-29(38)23-9-4-5-10-26(23)41-18-8-15-32/h4-5,9-14,19-20H,6-8,15-18,32H2,1-3H3,(H,36,38)(H4,33,34,35). The summed E-state index contributed by atoms with van der Waals surface area (Å²) >= 11 is 0. The quantitative estimate of drug-likeness (QED) is 0.103. The predicted molar refractivity (Wildman–Crippen MR) is 165 cm³/mol. The van der Waals surface area contributed by atoms with Gasteiger partial charge in [-0.05, 0) is 80.8 Å². The summed E-state index contributed by atoms with van der Waals surface area (Å²) in [4.78, 5) is 28.1. The fraction of sp³-hybridized carbons (Fsp3) is 0.323. The monoisotopic (exact) mass is 576 g/mol. The maximum atomic E-state index is 13.5. The Morgan fingerprint density at radius 2 is 1.67 bits per heavy atom. The number of methoxy groups -OCH3 is 1. The van der Waals surface area contributed by atoms with E-state index in [-0.39, 0.29) is 17.8 Å². The number of carbonyl (C=O) groups excluding carboxylic acids is 2. The van der Waals surface area contributed by atoms with Gasteiger partial charge in [-0.25, -0.2) is 0 Å². The molecule has 0 spiro atoms. The van der Waals surface area contributed by atoms with Crippen LogP contribution in [0.15, 0.2) is 60.7 Å². The summed E-state index contributed by atoms with van der Waals surface area (Å²) in [6, 6.07) is 17.5. The van der Waals surface area contributed by atoms with Crippen molar-refractivity contribution >= 4 is 29.1 Å². The average Bonchev–Trinajstić information content (AvgIpc) is 2.98. The van der Waals surface area contributed by atoms with Crippen molar-refractivity contribution in [1.29, 1.82) is 5.41 Å². The zero-order valence-electron chi connectivity index (χ0n) is 24.4. The Morgan fingerprint density at radius 3 is 2.40 bits per heavy atom. The van der Waals surface area contributed by atoms with Gasteiger partial charge in [-0.1, -0.05) is 18.2 Å². The number of nitrogens with two attached hydrogens (primary N) is 2. The van der Waals surface area contributed by atoms with Crippen LogP contribution >= 0.6 is 0 Å². The third-order valence-corrected chi connectivity index (χ3v) is 6.36. The second kappa shape index (κ2) is 15.9. The molecular formula is C31H40N6O5. The zero-order valence-corrected chi connectivity index (χ0v) is 24.4. The molecule has 0 heterocycles. The van der Waals surface area contributed by atoms with E-state index in [9.17, 15) is 9.59 Å². The zero-order chi connectivity index (χ0) is 30.5. The molecule has 0 atom stereocenters. The van der Waals surface area contributed by atoms with Crippen LogP contribution in [0.4, 0.5) is 11.4 Å². The number of nitrogens with one attached hydrogen (secondary N) is 3. The molecule has 3 rings (SSSR count). The highest BCUT2D eigenvalue weighted by atomic mass is 16.5. The van der Waals surface area contributed by atoms with Crippen molar-refractivity contribution in [1.82, 2.24) is 5.32 Å². The van der Waals surface area contributed by atoms with E-state index in [0.717, 1.165) is 18.4 Å². The van der Waals surface area contributed by atoms with Crippen molar-refractivity contribution in [2.75, 3.05) is 50.7 Å². The van der Waals surface area contributed by atoms with E-state index in [2.05, 4.69) is 10.6 Å². The molecule has 0 saturated heterocycles. The minimum Gasteiger partial charge on any atom is -0.495 e. The number of unbranched alkanes of at least 4 members (excludes halogenated alkanes) is 1. The molecule has 2 amide bonds. The molecule has 3 aromatic carbocycles. The normalized spacial score (nSPS) is 10.5. The summed E-state index contributed by atoms with van der Waals surface area (Å²) in [5, 5.41) is 12.8. The number of nitrogens with zero attached hydrogens (tertiary/aromatic N) is 1. The second-order valence-electron chi connectivity index (χ2n) is 9.59. The number of hydrogen-bond acceptors (Lipinski definition) is 7. The van der Waals surface area contributed by atoms with Gasteiger partial charge in [0.05, 0.1) is 37.3 Å². The molecule has 0 radical (unpaired) electrons. The molecule has 0 aliphatic heterocycles. The Balaban J connectivity index is 1.73. The van der Waals surface area contributed by atoms with Gasteiger partial charge in [0.2, 0.25) is 0 Å². The van der Waals surface area contributed by atoms with Crippen LogP contribution in [0, 0.1) is 12.3 Å². The fourth-order valence-corrected chi connectivity index (χ4v) is 4.11. The summed E-state index contributed by atoms with van der Waals surface area (Å²) in [5.74, 6) is 0.686. The molecule has 11 heteroatoms. The van der Waals surface area contributed by atoms with Crippen LogP contribution in [-0.2, 0) is 0 Å². The molecule has 0 saturated carbocycles. The van der Waals surface area contributed by atoms with E-state index < -0.39 is 0 Å². The van der Waals surface area contributed by atoms with Crippen molar-refractivity contribution in [3.05, 3.63) is 77.4 Å². The predicted octanol–water partition coefficient (Wildman–Crippen LogP) is 3.90. The number of rotatable bonds is 15. The number of carbonyl (C=O) groups is 2. The molecule has 0 aliphatic carbocycles.